The van der Waals surface area contributed by atoms with Crippen molar-refractivity contribution in [2.24, 2.45) is 0 Å². The molecule has 0 aromatic heterocycles. The molecular weight excluding hydrogens is 284 g/mol. The molecule has 0 fully saturated rings. The van der Waals surface area contributed by atoms with Gasteiger partial charge in [-0.05, 0) is 36.6 Å². The van der Waals surface area contributed by atoms with Gasteiger partial charge >= 0.3 is 0 Å². The Kier molecular flexibility index (Phi) is 10.4. The van der Waals surface area contributed by atoms with E-state index in [9.17, 15) is 5.11 Å². The molecule has 0 saturated carbocycles. The van der Waals surface area contributed by atoms with Crippen LogP contribution in [0.15, 0.2) is 54.6 Å². The van der Waals surface area contributed by atoms with Crippen LogP contribution < -0.4 is 0 Å². The first-order chi connectivity index (χ1) is 11.2. The van der Waals surface area contributed by atoms with E-state index in [1.54, 1.807) is 30.3 Å². The van der Waals surface area contributed by atoms with Crippen LogP contribution in [0.25, 0.3) is 0 Å². The zero-order chi connectivity index (χ0) is 16.8. The van der Waals surface area contributed by atoms with E-state index < -0.39 is 0 Å². The number of phenolic OH excluding ortho intramolecular Hbond substituents is 2. The number of unbranched alkanes of at least 4 members (excludes halogenated alkanes) is 6. The molecule has 0 atom stereocenters. The van der Waals surface area contributed by atoms with E-state index in [4.69, 9.17) is 5.11 Å². The number of benzene rings is 2. The maximum atomic E-state index is 9.58. The minimum atomic E-state index is 0.322. The number of hydrogen-bond acceptors (Lipinski definition) is 2. The van der Waals surface area contributed by atoms with Gasteiger partial charge in [0.2, 0.25) is 0 Å². The number of para-hydroxylation sites is 2. The summed E-state index contributed by atoms with van der Waals surface area (Å²) in [5.41, 5.74) is 1.09. The van der Waals surface area contributed by atoms with Crippen molar-refractivity contribution in [3.63, 3.8) is 0 Å². The van der Waals surface area contributed by atoms with E-state index >= 15 is 0 Å². The van der Waals surface area contributed by atoms with Gasteiger partial charge in [0.1, 0.15) is 11.5 Å². The Morgan fingerprint density at radius 2 is 1.22 bits per heavy atom. The molecule has 2 rings (SSSR count). The number of aromatic hydroxyl groups is 2. The van der Waals surface area contributed by atoms with Crippen molar-refractivity contribution in [1.29, 1.82) is 0 Å². The van der Waals surface area contributed by atoms with Gasteiger partial charge < -0.3 is 10.2 Å². The molecule has 2 heteroatoms. The summed E-state index contributed by atoms with van der Waals surface area (Å²) in [4.78, 5) is 0. The quantitative estimate of drug-likeness (QED) is 0.580. The zero-order valence-electron chi connectivity index (χ0n) is 14.2. The van der Waals surface area contributed by atoms with E-state index in [0.29, 0.717) is 11.5 Å². The SMILES string of the molecule is CCCCCCCCCc1ccccc1O.Oc1ccccc1. The summed E-state index contributed by atoms with van der Waals surface area (Å²) in [5.74, 6) is 0.774. The van der Waals surface area contributed by atoms with Gasteiger partial charge in [0, 0.05) is 0 Å². The van der Waals surface area contributed by atoms with Crippen molar-refractivity contribution in [2.45, 2.75) is 58.3 Å². The van der Waals surface area contributed by atoms with E-state index in [2.05, 4.69) is 6.92 Å². The van der Waals surface area contributed by atoms with E-state index in [-0.39, 0.29) is 0 Å². The van der Waals surface area contributed by atoms with Crippen LogP contribution in [0.3, 0.4) is 0 Å². The molecule has 2 aromatic rings. The van der Waals surface area contributed by atoms with Crippen molar-refractivity contribution in [3.05, 3.63) is 60.2 Å². The van der Waals surface area contributed by atoms with Gasteiger partial charge in [-0.3, -0.25) is 0 Å². The van der Waals surface area contributed by atoms with Gasteiger partial charge in [-0.15, -0.1) is 0 Å². The molecule has 0 aliphatic rings. The van der Waals surface area contributed by atoms with Crippen molar-refractivity contribution in [1.82, 2.24) is 0 Å². The van der Waals surface area contributed by atoms with E-state index in [0.717, 1.165) is 12.0 Å². The first-order valence-electron chi connectivity index (χ1n) is 8.75. The summed E-state index contributed by atoms with van der Waals surface area (Å²) < 4.78 is 0. The molecule has 0 spiro atoms. The largest absolute Gasteiger partial charge is 0.508 e. The molecule has 0 heterocycles. The van der Waals surface area contributed by atoms with Crippen LogP contribution in [0.1, 0.15) is 57.4 Å². The molecule has 126 valence electrons. The fourth-order valence-electron chi connectivity index (χ4n) is 2.42. The fraction of sp³-hybridized carbons (Fsp3) is 0.429. The number of hydrogen-bond donors (Lipinski definition) is 2. The number of phenols is 2. The Bertz CT molecular complexity index is 508. The predicted octanol–water partition coefficient (Wildman–Crippen LogP) is 6.08. The second-order valence-electron chi connectivity index (χ2n) is 5.84. The van der Waals surface area contributed by atoms with Crippen molar-refractivity contribution in [2.75, 3.05) is 0 Å². The third kappa shape index (κ3) is 9.62. The number of rotatable bonds is 8. The van der Waals surface area contributed by atoms with Crippen LogP contribution in [0, 0.1) is 0 Å². The topological polar surface area (TPSA) is 40.5 Å². The van der Waals surface area contributed by atoms with Crippen molar-refractivity contribution in [3.8, 4) is 11.5 Å². The minimum absolute atomic E-state index is 0.322. The Hall–Kier alpha value is -1.96. The molecule has 0 radical (unpaired) electrons. The van der Waals surface area contributed by atoms with Crippen LogP contribution in [0.4, 0.5) is 0 Å². The second-order valence-corrected chi connectivity index (χ2v) is 5.84. The summed E-state index contributed by atoms with van der Waals surface area (Å²) in [7, 11) is 0. The molecule has 0 bridgehead atoms. The normalized spacial score (nSPS) is 9.96. The summed E-state index contributed by atoms with van der Waals surface area (Å²) in [6.45, 7) is 2.25. The van der Waals surface area contributed by atoms with Gasteiger partial charge in [-0.2, -0.15) is 0 Å². The molecule has 0 aliphatic carbocycles. The van der Waals surface area contributed by atoms with Gasteiger partial charge in [-0.1, -0.05) is 81.8 Å². The summed E-state index contributed by atoms with van der Waals surface area (Å²) in [6.07, 6.45) is 10.3. The van der Waals surface area contributed by atoms with E-state index in [1.807, 2.05) is 24.3 Å². The third-order valence-corrected chi connectivity index (χ3v) is 3.80. The first-order valence-corrected chi connectivity index (χ1v) is 8.75. The second kappa shape index (κ2) is 12.6. The lowest BCUT2D eigenvalue weighted by molar-refractivity contribution is 0.466. The maximum Gasteiger partial charge on any atom is 0.118 e. The Balaban J connectivity index is 0.000000313. The Morgan fingerprint density at radius 3 is 1.78 bits per heavy atom. The molecular formula is C21H30O2. The molecule has 0 aliphatic heterocycles. The lowest BCUT2D eigenvalue weighted by Gasteiger charge is -2.04. The van der Waals surface area contributed by atoms with Crippen molar-refractivity contribution < 1.29 is 10.2 Å². The summed E-state index contributed by atoms with van der Waals surface area (Å²) in [5, 5.41) is 18.2. The molecule has 23 heavy (non-hydrogen) atoms. The lowest BCUT2D eigenvalue weighted by atomic mass is 10.0. The standard InChI is InChI=1S/C15H24O.C6H6O/c1-2-3-4-5-6-7-8-11-14-12-9-10-13-15(14)16;7-6-4-2-1-3-5-6/h9-10,12-13,16H,2-8,11H2,1H3;1-5,7H. The van der Waals surface area contributed by atoms with E-state index in [1.165, 1.54) is 44.9 Å². The summed E-state index contributed by atoms with van der Waals surface area (Å²) in [6, 6.07) is 16.4. The smallest absolute Gasteiger partial charge is 0.118 e. The van der Waals surface area contributed by atoms with Gasteiger partial charge in [0.15, 0.2) is 0 Å². The highest BCUT2D eigenvalue weighted by atomic mass is 16.3. The Labute approximate surface area is 140 Å². The third-order valence-electron chi connectivity index (χ3n) is 3.80. The average Bonchev–Trinajstić information content (AvgIpc) is 2.57. The number of aryl methyl sites for hydroxylation is 1. The molecule has 0 unspecified atom stereocenters. The van der Waals surface area contributed by atoms with Crippen LogP contribution in [0.2, 0.25) is 0 Å². The monoisotopic (exact) mass is 314 g/mol. The molecule has 2 N–H and O–H groups in total. The van der Waals surface area contributed by atoms with Crippen LogP contribution in [-0.4, -0.2) is 10.2 Å². The van der Waals surface area contributed by atoms with Crippen LogP contribution in [0.5, 0.6) is 11.5 Å². The maximum absolute atomic E-state index is 9.58. The minimum Gasteiger partial charge on any atom is -0.508 e. The van der Waals surface area contributed by atoms with Crippen LogP contribution in [-0.2, 0) is 6.42 Å². The lowest BCUT2D eigenvalue weighted by Crippen LogP contribution is -1.87. The Morgan fingerprint density at radius 1 is 0.652 bits per heavy atom. The highest BCUT2D eigenvalue weighted by molar-refractivity contribution is 5.31. The summed E-state index contributed by atoms with van der Waals surface area (Å²) >= 11 is 0. The average molecular weight is 314 g/mol. The highest BCUT2D eigenvalue weighted by Gasteiger charge is 1.98. The van der Waals surface area contributed by atoms with Crippen LogP contribution >= 0.6 is 0 Å². The molecule has 2 nitrogen and oxygen atoms in total. The highest BCUT2D eigenvalue weighted by Crippen LogP contribution is 2.18. The molecule has 0 saturated heterocycles. The van der Waals surface area contributed by atoms with Crippen molar-refractivity contribution >= 4 is 0 Å². The predicted molar refractivity (Wildman–Crippen MR) is 97.9 cm³/mol. The zero-order valence-corrected chi connectivity index (χ0v) is 14.2. The molecule has 0 amide bonds. The molecule has 2 aromatic carbocycles. The van der Waals surface area contributed by atoms with Gasteiger partial charge in [-0.25, -0.2) is 0 Å². The van der Waals surface area contributed by atoms with Gasteiger partial charge in [0.05, 0.1) is 0 Å². The van der Waals surface area contributed by atoms with Gasteiger partial charge in [0.25, 0.3) is 0 Å². The fourth-order valence-corrected chi connectivity index (χ4v) is 2.42. The first kappa shape index (κ1) is 19.1.